The van der Waals surface area contributed by atoms with Crippen LogP contribution in [-0.2, 0) is 0 Å². The van der Waals surface area contributed by atoms with Crippen molar-refractivity contribution in [1.82, 2.24) is 10.3 Å². The van der Waals surface area contributed by atoms with Crippen molar-refractivity contribution >= 4 is 50.1 Å². The Morgan fingerprint density at radius 2 is 1.81 bits per heavy atom. The molecule has 0 atom stereocenters. The first kappa shape index (κ1) is 16.6. The third-order valence-electron chi connectivity index (χ3n) is 1.44. The van der Waals surface area contributed by atoms with Crippen LogP contribution in [0.1, 0.15) is 27.7 Å². The molecule has 0 aliphatic heterocycles. The van der Waals surface area contributed by atoms with Gasteiger partial charge in [-0.1, -0.05) is 39.3 Å². The Morgan fingerprint density at radius 3 is 2.06 bits per heavy atom. The summed E-state index contributed by atoms with van der Waals surface area (Å²) in [6.07, 6.45) is 1.68. The van der Waals surface area contributed by atoms with Crippen LogP contribution in [0.5, 0.6) is 0 Å². The minimum absolute atomic E-state index is 0.530. The number of hydrogen-bond donors (Lipinski definition) is 1. The van der Waals surface area contributed by atoms with Gasteiger partial charge in [0.15, 0.2) is 0 Å². The first-order valence-corrected chi connectivity index (χ1v) is 7.30. The summed E-state index contributed by atoms with van der Waals surface area (Å²) in [4.78, 5) is 3.85. The lowest BCUT2D eigenvalue weighted by Gasteiger charge is -2.10. The van der Waals surface area contributed by atoms with E-state index in [9.17, 15) is 0 Å². The molecule has 0 aromatic carbocycles. The van der Waals surface area contributed by atoms with Crippen LogP contribution in [0.25, 0.3) is 0 Å². The van der Waals surface area contributed by atoms with Gasteiger partial charge in [-0.2, -0.15) is 0 Å². The highest BCUT2D eigenvalue weighted by molar-refractivity contribution is 14.1. The molecule has 1 N–H and O–H groups in total. The molecule has 1 rings (SSSR count). The highest BCUT2D eigenvalue weighted by atomic mass is 127. The van der Waals surface area contributed by atoms with Crippen molar-refractivity contribution in [2.75, 3.05) is 0 Å². The summed E-state index contributed by atoms with van der Waals surface area (Å²) >= 11 is 11.1. The fraction of sp³-hybridized carbons (Fsp3) is 0.545. The zero-order chi connectivity index (χ0) is 12.7. The van der Waals surface area contributed by atoms with Gasteiger partial charge in [0.2, 0.25) is 0 Å². The zero-order valence-corrected chi connectivity index (χ0v) is 14.4. The fourth-order valence-electron chi connectivity index (χ4n) is 1.06. The van der Waals surface area contributed by atoms with Crippen LogP contribution >= 0.6 is 50.1 Å². The molecule has 0 radical (unpaired) electrons. The number of pyridine rings is 1. The molecule has 92 valence electrons. The second-order valence-corrected chi connectivity index (χ2v) is 6.30. The number of nitrogens with zero attached hydrogens (tertiary/aromatic N) is 1. The maximum absolute atomic E-state index is 5.58. The molecule has 0 fully saturated rings. The molecule has 1 aromatic rings. The Balaban J connectivity index is 0.000000293. The highest BCUT2D eigenvalue weighted by Crippen LogP contribution is 2.19. The molecule has 5 heteroatoms. The Hall–Kier alpha value is 0.610. The third-order valence-corrected chi connectivity index (χ3v) is 3.91. The molecule has 1 aromatic heterocycles. The minimum Gasteiger partial charge on any atom is -0.312 e. The molecular weight excluding hydrogens is 402 g/mol. The zero-order valence-electron chi connectivity index (χ0n) is 9.89. The monoisotopic (exact) mass is 418 g/mol. The first-order chi connectivity index (χ1) is 7.32. The van der Waals surface area contributed by atoms with Crippen molar-refractivity contribution < 1.29 is 0 Å². The maximum Gasteiger partial charge on any atom is 0.130 e. The summed E-state index contributed by atoms with van der Waals surface area (Å²) in [5.74, 6) is 0. The van der Waals surface area contributed by atoms with E-state index in [1.807, 2.05) is 0 Å². The minimum atomic E-state index is 0.530. The predicted molar refractivity (Wildman–Crippen MR) is 83.1 cm³/mol. The number of nitrogens with one attached hydrogen (secondary N) is 1. The number of halogens is 3. The van der Waals surface area contributed by atoms with Crippen molar-refractivity contribution in [3.8, 4) is 0 Å². The summed E-state index contributed by atoms with van der Waals surface area (Å²) in [5, 5.41) is 3.84. The van der Waals surface area contributed by atoms with E-state index in [0.717, 1.165) is 8.04 Å². The van der Waals surface area contributed by atoms with Gasteiger partial charge in [0.1, 0.15) is 5.15 Å². The average molecular weight is 420 g/mol. The summed E-state index contributed by atoms with van der Waals surface area (Å²) in [6, 6.07) is 3.05. The first-order valence-electron chi connectivity index (χ1n) is 5.05. The van der Waals surface area contributed by atoms with Crippen LogP contribution in [0, 0.1) is 3.57 Å². The van der Waals surface area contributed by atoms with E-state index in [2.05, 4.69) is 76.5 Å². The molecule has 16 heavy (non-hydrogen) atoms. The average Bonchev–Trinajstić information content (AvgIpc) is 2.10. The predicted octanol–water partition coefficient (Wildman–Crippen LogP) is 4.49. The van der Waals surface area contributed by atoms with Crippen molar-refractivity contribution in [2.24, 2.45) is 0 Å². The molecule has 0 saturated heterocycles. The van der Waals surface area contributed by atoms with E-state index < -0.39 is 0 Å². The largest absolute Gasteiger partial charge is 0.312 e. The summed E-state index contributed by atoms with van der Waals surface area (Å²) in [7, 11) is 0. The Kier molecular flexibility index (Phi) is 8.99. The van der Waals surface area contributed by atoms with Gasteiger partial charge in [0.05, 0.1) is 0 Å². The lowest BCUT2D eigenvalue weighted by molar-refractivity contribution is 0.518. The Bertz CT molecular complexity index is 313. The molecule has 0 bridgehead atoms. The van der Waals surface area contributed by atoms with Crippen LogP contribution in [-0.4, -0.2) is 17.1 Å². The molecular formula is C11H17BrClIN2. The fourth-order valence-corrected chi connectivity index (χ4v) is 2.05. The van der Waals surface area contributed by atoms with Crippen LogP contribution in [0.3, 0.4) is 0 Å². The van der Waals surface area contributed by atoms with Gasteiger partial charge in [-0.15, -0.1) is 0 Å². The van der Waals surface area contributed by atoms with Crippen LogP contribution in [0.2, 0.25) is 5.15 Å². The normalized spacial score (nSPS) is 10.3. The Labute approximate surface area is 125 Å². The standard InChI is InChI=1S/C6H15N.C5H2BrClIN/c1-5(2)7-6(3)4;6-3-2-9-5(7)1-4(3)8/h5-7H,1-4H3;1-2H. The third kappa shape index (κ3) is 8.73. The van der Waals surface area contributed by atoms with E-state index in [0.29, 0.717) is 17.2 Å². The Morgan fingerprint density at radius 1 is 1.31 bits per heavy atom. The summed E-state index contributed by atoms with van der Waals surface area (Å²) in [6.45, 7) is 8.61. The smallest absolute Gasteiger partial charge is 0.130 e. The van der Waals surface area contributed by atoms with E-state index in [4.69, 9.17) is 11.6 Å². The van der Waals surface area contributed by atoms with Gasteiger partial charge in [-0.3, -0.25) is 0 Å². The molecule has 0 amide bonds. The van der Waals surface area contributed by atoms with Gasteiger partial charge in [-0.05, 0) is 44.6 Å². The van der Waals surface area contributed by atoms with Gasteiger partial charge < -0.3 is 5.32 Å². The second kappa shape index (κ2) is 8.66. The lowest BCUT2D eigenvalue weighted by Crippen LogP contribution is -2.29. The van der Waals surface area contributed by atoms with Crippen molar-refractivity contribution in [1.29, 1.82) is 0 Å². The molecule has 1 heterocycles. The molecule has 0 saturated carbocycles. The SMILES string of the molecule is CC(C)NC(C)C.Clc1cc(I)c(Br)cn1. The van der Waals surface area contributed by atoms with Crippen LogP contribution in [0.15, 0.2) is 16.7 Å². The van der Waals surface area contributed by atoms with E-state index in [1.54, 1.807) is 12.3 Å². The van der Waals surface area contributed by atoms with E-state index >= 15 is 0 Å². The molecule has 0 unspecified atom stereocenters. The second-order valence-electron chi connectivity index (χ2n) is 3.90. The van der Waals surface area contributed by atoms with Gasteiger partial charge in [0.25, 0.3) is 0 Å². The van der Waals surface area contributed by atoms with Gasteiger partial charge in [-0.25, -0.2) is 4.98 Å². The van der Waals surface area contributed by atoms with Crippen molar-refractivity contribution in [3.63, 3.8) is 0 Å². The number of rotatable bonds is 2. The number of hydrogen-bond acceptors (Lipinski definition) is 2. The summed E-state index contributed by atoms with van der Waals surface area (Å²) < 4.78 is 2.06. The van der Waals surface area contributed by atoms with Crippen LogP contribution in [0.4, 0.5) is 0 Å². The van der Waals surface area contributed by atoms with Crippen LogP contribution < -0.4 is 5.32 Å². The highest BCUT2D eigenvalue weighted by Gasteiger charge is 1.95. The quantitative estimate of drug-likeness (QED) is 0.564. The van der Waals surface area contributed by atoms with Crippen molar-refractivity contribution in [3.05, 3.63) is 25.5 Å². The maximum atomic E-state index is 5.58. The lowest BCUT2D eigenvalue weighted by atomic mass is 10.3. The molecule has 0 aliphatic carbocycles. The summed E-state index contributed by atoms with van der Waals surface area (Å²) in [5.41, 5.74) is 0. The number of aromatic nitrogens is 1. The van der Waals surface area contributed by atoms with E-state index in [1.165, 1.54) is 0 Å². The molecule has 0 spiro atoms. The topological polar surface area (TPSA) is 24.9 Å². The molecule has 0 aliphatic rings. The van der Waals surface area contributed by atoms with Gasteiger partial charge >= 0.3 is 0 Å². The molecule has 2 nitrogen and oxygen atoms in total. The van der Waals surface area contributed by atoms with Gasteiger partial charge in [0, 0.05) is 26.3 Å². The van der Waals surface area contributed by atoms with Crippen molar-refractivity contribution in [2.45, 2.75) is 39.8 Å². The van der Waals surface area contributed by atoms with E-state index in [-0.39, 0.29) is 0 Å².